The number of aromatic nitrogens is 2. The first-order chi connectivity index (χ1) is 9.51. The Morgan fingerprint density at radius 3 is 2.80 bits per heavy atom. The number of hydrogen-bond donors (Lipinski definition) is 1. The minimum Gasteiger partial charge on any atom is -0.380 e. The van der Waals surface area contributed by atoms with Crippen LogP contribution in [0.3, 0.4) is 0 Å². The van der Waals surface area contributed by atoms with Crippen molar-refractivity contribution >= 4 is 17.6 Å². The number of nitrogens with one attached hydrogen (secondary N) is 1. The Balaban J connectivity index is 2.18. The molecule has 0 spiro atoms. The van der Waals surface area contributed by atoms with E-state index in [2.05, 4.69) is 17.0 Å². The van der Waals surface area contributed by atoms with Crippen molar-refractivity contribution < 1.29 is 4.92 Å². The van der Waals surface area contributed by atoms with Gasteiger partial charge < -0.3 is 5.32 Å². The summed E-state index contributed by atoms with van der Waals surface area (Å²) >= 11 is 0. The highest BCUT2D eigenvalue weighted by Crippen LogP contribution is 2.26. The van der Waals surface area contributed by atoms with Crippen LogP contribution >= 0.6 is 0 Å². The fourth-order valence-corrected chi connectivity index (χ4v) is 1.99. The van der Waals surface area contributed by atoms with Crippen molar-refractivity contribution in [3.63, 3.8) is 0 Å². The van der Waals surface area contributed by atoms with Crippen molar-refractivity contribution in [1.29, 1.82) is 0 Å². The van der Waals surface area contributed by atoms with Gasteiger partial charge in [0.2, 0.25) is 0 Å². The summed E-state index contributed by atoms with van der Waals surface area (Å²) in [6.45, 7) is 7.83. The molecular formula is C14H16N4O2. The second kappa shape index (κ2) is 5.56. The highest BCUT2D eigenvalue weighted by Gasteiger charge is 2.13. The lowest BCUT2D eigenvalue weighted by molar-refractivity contribution is -0.385. The van der Waals surface area contributed by atoms with Crippen molar-refractivity contribution in [2.45, 2.75) is 20.4 Å². The van der Waals surface area contributed by atoms with E-state index in [1.54, 1.807) is 30.1 Å². The molecule has 1 aromatic heterocycles. The molecule has 0 atom stereocenters. The zero-order chi connectivity index (χ0) is 14.7. The second-order valence-electron chi connectivity index (χ2n) is 4.58. The van der Waals surface area contributed by atoms with Crippen LogP contribution in [-0.4, -0.2) is 14.7 Å². The Morgan fingerprint density at radius 2 is 2.20 bits per heavy atom. The van der Waals surface area contributed by atoms with Crippen molar-refractivity contribution in [1.82, 2.24) is 9.78 Å². The summed E-state index contributed by atoms with van der Waals surface area (Å²) in [5.41, 5.74) is 3.50. The molecule has 2 rings (SSSR count). The number of aryl methyl sites for hydroxylation is 2. The SMILES string of the molecule is C=Cn1cc(CNc2cc([N+](=O)[O-])c(C)cc2C)cn1. The monoisotopic (exact) mass is 272 g/mol. The predicted molar refractivity (Wildman–Crippen MR) is 78.5 cm³/mol. The van der Waals surface area contributed by atoms with Gasteiger partial charge in [-0.15, -0.1) is 0 Å². The van der Waals surface area contributed by atoms with E-state index < -0.39 is 0 Å². The van der Waals surface area contributed by atoms with Gasteiger partial charge in [-0.2, -0.15) is 5.10 Å². The third kappa shape index (κ3) is 2.85. The van der Waals surface area contributed by atoms with E-state index in [9.17, 15) is 10.1 Å². The van der Waals surface area contributed by atoms with Gasteiger partial charge in [-0.3, -0.25) is 10.1 Å². The Morgan fingerprint density at radius 1 is 1.45 bits per heavy atom. The molecule has 0 saturated carbocycles. The first-order valence-electron chi connectivity index (χ1n) is 6.16. The molecule has 0 saturated heterocycles. The van der Waals surface area contributed by atoms with E-state index in [0.29, 0.717) is 12.1 Å². The van der Waals surface area contributed by atoms with Gasteiger partial charge >= 0.3 is 0 Å². The molecule has 0 aliphatic rings. The fraction of sp³-hybridized carbons (Fsp3) is 0.214. The van der Waals surface area contributed by atoms with Crippen LogP contribution < -0.4 is 5.32 Å². The average molecular weight is 272 g/mol. The Labute approximate surface area is 116 Å². The minimum atomic E-state index is -0.365. The van der Waals surface area contributed by atoms with Crippen molar-refractivity contribution in [3.8, 4) is 0 Å². The number of rotatable bonds is 5. The van der Waals surface area contributed by atoms with Gasteiger partial charge in [0.25, 0.3) is 5.69 Å². The lowest BCUT2D eigenvalue weighted by Crippen LogP contribution is -2.02. The van der Waals surface area contributed by atoms with Crippen molar-refractivity contribution in [2.24, 2.45) is 0 Å². The molecule has 6 nitrogen and oxygen atoms in total. The molecule has 2 aromatic rings. The largest absolute Gasteiger partial charge is 0.380 e. The average Bonchev–Trinajstić information content (AvgIpc) is 2.85. The lowest BCUT2D eigenvalue weighted by atomic mass is 10.1. The normalized spacial score (nSPS) is 10.3. The van der Waals surface area contributed by atoms with E-state index >= 15 is 0 Å². The molecule has 1 heterocycles. The highest BCUT2D eigenvalue weighted by atomic mass is 16.6. The van der Waals surface area contributed by atoms with E-state index in [0.717, 1.165) is 16.8 Å². The predicted octanol–water partition coefficient (Wildman–Crippen LogP) is 3.12. The summed E-state index contributed by atoms with van der Waals surface area (Å²) in [6.07, 6.45) is 5.18. The summed E-state index contributed by atoms with van der Waals surface area (Å²) < 4.78 is 1.61. The Kier molecular flexibility index (Phi) is 3.84. The van der Waals surface area contributed by atoms with Crippen LogP contribution in [0, 0.1) is 24.0 Å². The van der Waals surface area contributed by atoms with Gasteiger partial charge in [-0.1, -0.05) is 6.58 Å². The minimum absolute atomic E-state index is 0.125. The fourth-order valence-electron chi connectivity index (χ4n) is 1.99. The molecule has 0 fully saturated rings. The highest BCUT2D eigenvalue weighted by molar-refractivity contribution is 5.60. The molecule has 104 valence electrons. The molecule has 0 bridgehead atoms. The number of nitro benzene ring substituents is 1. The number of benzene rings is 1. The first-order valence-corrected chi connectivity index (χ1v) is 6.16. The third-order valence-corrected chi connectivity index (χ3v) is 3.06. The van der Waals surface area contributed by atoms with E-state index in [-0.39, 0.29) is 10.6 Å². The summed E-state index contributed by atoms with van der Waals surface area (Å²) in [4.78, 5) is 10.6. The quantitative estimate of drug-likeness (QED) is 0.670. The molecule has 1 N–H and O–H groups in total. The second-order valence-corrected chi connectivity index (χ2v) is 4.58. The van der Waals surface area contributed by atoms with Crippen LogP contribution in [0.1, 0.15) is 16.7 Å². The molecule has 0 aliphatic heterocycles. The topological polar surface area (TPSA) is 73.0 Å². The van der Waals surface area contributed by atoms with Crippen LogP contribution in [0.4, 0.5) is 11.4 Å². The molecular weight excluding hydrogens is 256 g/mol. The van der Waals surface area contributed by atoms with E-state index in [1.807, 2.05) is 19.2 Å². The van der Waals surface area contributed by atoms with Crippen LogP contribution in [0.25, 0.3) is 6.20 Å². The van der Waals surface area contributed by atoms with Crippen LogP contribution in [0.5, 0.6) is 0 Å². The van der Waals surface area contributed by atoms with Crippen molar-refractivity contribution in [2.75, 3.05) is 5.32 Å². The summed E-state index contributed by atoms with van der Waals surface area (Å²) in [7, 11) is 0. The van der Waals surface area contributed by atoms with Crippen LogP contribution in [-0.2, 0) is 6.54 Å². The van der Waals surface area contributed by atoms with Gasteiger partial charge in [0, 0.05) is 41.8 Å². The van der Waals surface area contributed by atoms with Crippen LogP contribution in [0.2, 0.25) is 0 Å². The maximum Gasteiger partial charge on any atom is 0.274 e. The number of anilines is 1. The van der Waals surface area contributed by atoms with E-state index in [1.165, 1.54) is 0 Å². The van der Waals surface area contributed by atoms with Gasteiger partial charge in [0.1, 0.15) is 0 Å². The van der Waals surface area contributed by atoms with Crippen molar-refractivity contribution in [3.05, 3.63) is 57.9 Å². The summed E-state index contributed by atoms with van der Waals surface area (Å²) in [5, 5.41) is 18.2. The summed E-state index contributed by atoms with van der Waals surface area (Å²) in [5.74, 6) is 0. The smallest absolute Gasteiger partial charge is 0.274 e. The molecule has 0 amide bonds. The Hall–Kier alpha value is -2.63. The zero-order valence-corrected chi connectivity index (χ0v) is 11.5. The molecule has 20 heavy (non-hydrogen) atoms. The van der Waals surface area contributed by atoms with Gasteiger partial charge in [0.05, 0.1) is 11.1 Å². The van der Waals surface area contributed by atoms with Gasteiger partial charge in [-0.05, 0) is 25.5 Å². The molecule has 0 aliphatic carbocycles. The number of nitrogens with zero attached hydrogens (tertiary/aromatic N) is 3. The lowest BCUT2D eigenvalue weighted by Gasteiger charge is -2.09. The maximum atomic E-state index is 11.0. The van der Waals surface area contributed by atoms with Crippen LogP contribution in [0.15, 0.2) is 31.1 Å². The Bertz CT molecular complexity index is 661. The molecule has 6 heteroatoms. The zero-order valence-electron chi connectivity index (χ0n) is 11.5. The third-order valence-electron chi connectivity index (χ3n) is 3.06. The molecule has 1 aromatic carbocycles. The van der Waals surface area contributed by atoms with Gasteiger partial charge in [-0.25, -0.2) is 4.68 Å². The van der Waals surface area contributed by atoms with E-state index in [4.69, 9.17) is 0 Å². The number of hydrogen-bond acceptors (Lipinski definition) is 4. The molecule has 0 unspecified atom stereocenters. The first kappa shape index (κ1) is 13.8. The summed E-state index contributed by atoms with van der Waals surface area (Å²) in [6, 6.07) is 3.39. The number of nitro groups is 1. The van der Waals surface area contributed by atoms with Gasteiger partial charge in [0.15, 0.2) is 0 Å². The molecule has 0 radical (unpaired) electrons. The standard InChI is InChI=1S/C14H16N4O2/c1-4-17-9-12(8-16-17)7-15-13-6-14(18(19)20)11(3)5-10(13)2/h4-6,8-9,15H,1,7H2,2-3H3. The maximum absolute atomic E-state index is 11.0.